The molecule has 1 unspecified atom stereocenters. The molecule has 0 amide bonds. The van der Waals surface area contributed by atoms with Crippen molar-refractivity contribution in [2.45, 2.75) is 19.4 Å². The van der Waals surface area contributed by atoms with Crippen LogP contribution in [-0.2, 0) is 6.54 Å². The molecule has 0 spiro atoms. The van der Waals surface area contributed by atoms with Crippen LogP contribution in [0.5, 0.6) is 0 Å². The topological polar surface area (TPSA) is 12.0 Å². The molecule has 2 aromatic rings. The minimum Gasteiger partial charge on any atom is -0.312 e. The lowest BCUT2D eigenvalue weighted by molar-refractivity contribution is 0.557. The van der Waals surface area contributed by atoms with Crippen LogP contribution in [0.25, 0.3) is 0 Å². The first kappa shape index (κ1) is 13.7. The van der Waals surface area contributed by atoms with Crippen LogP contribution in [0.3, 0.4) is 0 Å². The average Bonchev–Trinajstić information content (AvgIpc) is 2.43. The molecule has 19 heavy (non-hydrogen) atoms. The molecule has 0 heterocycles. The maximum atomic E-state index is 13.4. The highest BCUT2D eigenvalue weighted by Crippen LogP contribution is 2.14. The molecule has 0 bridgehead atoms. The van der Waals surface area contributed by atoms with Crippen LogP contribution in [0.2, 0.25) is 0 Å². The van der Waals surface area contributed by atoms with Crippen LogP contribution < -0.4 is 5.32 Å². The zero-order valence-corrected chi connectivity index (χ0v) is 10.9. The molecule has 0 saturated heterocycles. The zero-order chi connectivity index (χ0) is 13.7. The predicted molar refractivity (Wildman–Crippen MR) is 72.9 cm³/mol. The molecule has 0 fully saturated rings. The Kier molecular flexibility index (Phi) is 4.63. The van der Waals surface area contributed by atoms with Gasteiger partial charge in [-0.25, -0.2) is 8.78 Å². The van der Waals surface area contributed by atoms with E-state index >= 15 is 0 Å². The molecule has 3 heteroatoms. The first-order valence-corrected chi connectivity index (χ1v) is 6.36. The van der Waals surface area contributed by atoms with Crippen molar-refractivity contribution in [3.63, 3.8) is 0 Å². The zero-order valence-electron chi connectivity index (χ0n) is 10.9. The van der Waals surface area contributed by atoms with Gasteiger partial charge in [0.25, 0.3) is 0 Å². The van der Waals surface area contributed by atoms with Crippen molar-refractivity contribution in [2.24, 2.45) is 0 Å². The molecule has 1 nitrogen and oxygen atoms in total. The van der Waals surface area contributed by atoms with Crippen LogP contribution in [0, 0.1) is 11.6 Å². The van der Waals surface area contributed by atoms with Crippen LogP contribution >= 0.6 is 0 Å². The van der Waals surface area contributed by atoms with Crippen LogP contribution in [0.1, 0.15) is 24.0 Å². The van der Waals surface area contributed by atoms with Gasteiger partial charge in [0.1, 0.15) is 11.6 Å². The first-order valence-electron chi connectivity index (χ1n) is 6.36. The van der Waals surface area contributed by atoms with Crippen LogP contribution in [0.4, 0.5) is 8.78 Å². The summed E-state index contributed by atoms with van der Waals surface area (Å²) in [5.74, 6) is -0.451. The molecule has 0 aromatic heterocycles. The van der Waals surface area contributed by atoms with Gasteiger partial charge >= 0.3 is 0 Å². The number of benzene rings is 2. The summed E-state index contributed by atoms with van der Waals surface area (Å²) in [4.78, 5) is 0. The summed E-state index contributed by atoms with van der Waals surface area (Å²) in [6, 6.07) is 13.6. The van der Waals surface area contributed by atoms with Gasteiger partial charge in [0, 0.05) is 18.7 Å². The van der Waals surface area contributed by atoms with Crippen molar-refractivity contribution in [1.82, 2.24) is 5.32 Å². The number of nitrogens with one attached hydrogen (secondary N) is 1. The fourth-order valence-corrected chi connectivity index (χ4v) is 2.00. The molecule has 0 radical (unpaired) electrons. The summed E-state index contributed by atoms with van der Waals surface area (Å²) in [6.45, 7) is 3.16. The first-order chi connectivity index (χ1) is 9.16. The number of hydrogen-bond donors (Lipinski definition) is 1. The second kappa shape index (κ2) is 6.43. The molecule has 0 aliphatic heterocycles. The molecule has 2 aromatic carbocycles. The molecule has 0 aliphatic carbocycles. The Hall–Kier alpha value is -1.74. The van der Waals surface area contributed by atoms with Gasteiger partial charge in [-0.1, -0.05) is 37.3 Å². The van der Waals surface area contributed by atoms with E-state index in [-0.39, 0.29) is 5.82 Å². The van der Waals surface area contributed by atoms with E-state index in [9.17, 15) is 8.78 Å². The second-order valence-electron chi connectivity index (χ2n) is 4.68. The number of halogens is 2. The van der Waals surface area contributed by atoms with E-state index in [1.54, 1.807) is 0 Å². The Morgan fingerprint density at radius 2 is 1.79 bits per heavy atom. The third-order valence-electron chi connectivity index (χ3n) is 3.14. The highest BCUT2D eigenvalue weighted by molar-refractivity contribution is 5.20. The van der Waals surface area contributed by atoms with Gasteiger partial charge in [0.05, 0.1) is 0 Å². The number of rotatable bonds is 5. The third-order valence-corrected chi connectivity index (χ3v) is 3.14. The smallest absolute Gasteiger partial charge is 0.127 e. The summed E-state index contributed by atoms with van der Waals surface area (Å²) in [5.41, 5.74) is 1.59. The Labute approximate surface area is 112 Å². The molecule has 0 aliphatic rings. The minimum atomic E-state index is -0.408. The molecule has 2 rings (SSSR count). The quantitative estimate of drug-likeness (QED) is 0.861. The van der Waals surface area contributed by atoms with Crippen LogP contribution in [-0.4, -0.2) is 6.54 Å². The monoisotopic (exact) mass is 261 g/mol. The summed E-state index contributed by atoms with van der Waals surface area (Å²) in [5, 5.41) is 3.16. The molecular formula is C16H17F2N. The minimum absolute atomic E-state index is 0.331. The Balaban J connectivity index is 1.88. The molecule has 0 saturated carbocycles. The van der Waals surface area contributed by atoms with Crippen molar-refractivity contribution >= 4 is 0 Å². The second-order valence-corrected chi connectivity index (χ2v) is 4.68. The largest absolute Gasteiger partial charge is 0.312 e. The van der Waals surface area contributed by atoms with Crippen molar-refractivity contribution in [3.8, 4) is 0 Å². The van der Waals surface area contributed by atoms with Gasteiger partial charge < -0.3 is 5.32 Å². The van der Waals surface area contributed by atoms with Gasteiger partial charge in [-0.3, -0.25) is 0 Å². The fourth-order valence-electron chi connectivity index (χ4n) is 2.00. The molecule has 1 N–H and O–H groups in total. The van der Waals surface area contributed by atoms with Gasteiger partial charge in [0.15, 0.2) is 0 Å². The van der Waals surface area contributed by atoms with E-state index in [2.05, 4.69) is 24.4 Å². The summed E-state index contributed by atoms with van der Waals surface area (Å²) in [6.07, 6.45) is 0. The van der Waals surface area contributed by atoms with Crippen LogP contribution in [0.15, 0.2) is 48.5 Å². The standard InChI is InChI=1S/C16H17F2N/c1-12(13-5-3-2-4-6-13)10-19-11-14-9-15(17)7-8-16(14)18/h2-9,12,19H,10-11H2,1H3. The SMILES string of the molecule is CC(CNCc1cc(F)ccc1F)c1ccccc1. The van der Waals surface area contributed by atoms with Crippen molar-refractivity contribution < 1.29 is 8.78 Å². The van der Waals surface area contributed by atoms with Gasteiger partial charge in [-0.2, -0.15) is 0 Å². The Bertz CT molecular complexity index is 526. The maximum absolute atomic E-state index is 13.4. The average molecular weight is 261 g/mol. The Morgan fingerprint density at radius 1 is 1.05 bits per heavy atom. The fraction of sp³-hybridized carbons (Fsp3) is 0.250. The van der Waals surface area contributed by atoms with Gasteiger partial charge in [-0.05, 0) is 29.7 Å². The van der Waals surface area contributed by atoms with E-state index in [4.69, 9.17) is 0 Å². The molecule has 1 atom stereocenters. The number of hydrogen-bond acceptors (Lipinski definition) is 1. The van der Waals surface area contributed by atoms with Gasteiger partial charge in [0.2, 0.25) is 0 Å². The van der Waals surface area contributed by atoms with E-state index in [1.165, 1.54) is 11.6 Å². The van der Waals surface area contributed by atoms with Crippen molar-refractivity contribution in [3.05, 3.63) is 71.3 Å². The summed E-state index contributed by atoms with van der Waals surface area (Å²) < 4.78 is 26.4. The maximum Gasteiger partial charge on any atom is 0.127 e. The van der Waals surface area contributed by atoms with E-state index in [1.807, 2.05) is 18.2 Å². The predicted octanol–water partition coefficient (Wildman–Crippen LogP) is 3.86. The van der Waals surface area contributed by atoms with Crippen molar-refractivity contribution in [1.29, 1.82) is 0 Å². The lowest BCUT2D eigenvalue weighted by Crippen LogP contribution is -2.20. The molecule has 100 valence electrons. The third kappa shape index (κ3) is 3.86. The van der Waals surface area contributed by atoms with E-state index in [0.717, 1.165) is 18.7 Å². The lowest BCUT2D eigenvalue weighted by atomic mass is 10.0. The van der Waals surface area contributed by atoms with Gasteiger partial charge in [-0.15, -0.1) is 0 Å². The highest BCUT2D eigenvalue weighted by atomic mass is 19.1. The summed E-state index contributed by atoms with van der Waals surface area (Å²) in [7, 11) is 0. The normalized spacial score (nSPS) is 12.4. The Morgan fingerprint density at radius 3 is 2.53 bits per heavy atom. The summed E-state index contributed by atoms with van der Waals surface area (Å²) >= 11 is 0. The van der Waals surface area contributed by atoms with E-state index in [0.29, 0.717) is 18.0 Å². The van der Waals surface area contributed by atoms with E-state index < -0.39 is 5.82 Å². The lowest BCUT2D eigenvalue weighted by Gasteiger charge is -2.13. The van der Waals surface area contributed by atoms with Crippen molar-refractivity contribution in [2.75, 3.05) is 6.54 Å². The highest BCUT2D eigenvalue weighted by Gasteiger charge is 2.06. The molecular weight excluding hydrogens is 244 g/mol.